The molecule has 1 rings (SSSR count). The molecule has 320 valence electrons. The zero-order valence-electron chi connectivity index (χ0n) is 33.5. The van der Waals surface area contributed by atoms with Gasteiger partial charge in [0.15, 0.2) is 6.10 Å². The third-order valence-electron chi connectivity index (χ3n) is 9.56. The van der Waals surface area contributed by atoms with Crippen LogP contribution in [0.5, 0.6) is 0 Å². The molecule has 1 fully saturated rings. The number of aliphatic hydroxyl groups excluding tert-OH is 5. The van der Waals surface area contributed by atoms with E-state index in [-0.39, 0.29) is 6.42 Å². The molecule has 0 aliphatic heterocycles. The molecule has 0 aromatic heterocycles. The average molecular weight is 805 g/mol. The Bertz CT molecular complexity index is 1110. The number of unbranched alkanes of at least 4 members (excludes halogenated alkanes) is 18. The lowest BCUT2D eigenvalue weighted by Gasteiger charge is -2.41. The van der Waals surface area contributed by atoms with Crippen LogP contribution in [0.1, 0.15) is 155 Å². The highest BCUT2D eigenvalue weighted by molar-refractivity contribution is 7.47. The number of phosphoric ester groups is 1. The van der Waals surface area contributed by atoms with E-state index in [0.29, 0.717) is 6.42 Å². The minimum absolute atomic E-state index is 0.137. The molecule has 8 atom stereocenters. The van der Waals surface area contributed by atoms with Crippen molar-refractivity contribution in [1.29, 1.82) is 0 Å². The molecule has 0 saturated heterocycles. The first kappa shape index (κ1) is 51.1. The fraction of sp³-hybridized carbons (Fsp3) is 0.805. The summed E-state index contributed by atoms with van der Waals surface area (Å²) < 4.78 is 33.2. The molecule has 1 saturated carbocycles. The van der Waals surface area contributed by atoms with Crippen molar-refractivity contribution in [3.63, 3.8) is 0 Å². The lowest BCUT2D eigenvalue weighted by Crippen LogP contribution is -2.64. The van der Waals surface area contributed by atoms with E-state index in [1.807, 2.05) is 6.08 Å². The van der Waals surface area contributed by atoms with E-state index in [9.17, 15) is 44.6 Å². The topological polar surface area (TPSA) is 210 Å². The van der Waals surface area contributed by atoms with Crippen molar-refractivity contribution >= 4 is 19.8 Å². The first-order valence-corrected chi connectivity index (χ1v) is 22.3. The van der Waals surface area contributed by atoms with Crippen molar-refractivity contribution in [3.05, 3.63) is 36.5 Å². The summed E-state index contributed by atoms with van der Waals surface area (Å²) in [6.07, 6.45) is 21.4. The predicted molar refractivity (Wildman–Crippen MR) is 212 cm³/mol. The van der Waals surface area contributed by atoms with Crippen LogP contribution in [0.25, 0.3) is 0 Å². The second kappa shape index (κ2) is 32.1. The summed E-state index contributed by atoms with van der Waals surface area (Å²) in [5, 5.41) is 49.9. The molecule has 13 nitrogen and oxygen atoms in total. The summed E-state index contributed by atoms with van der Waals surface area (Å²) in [5.41, 5.74) is 0. The lowest BCUT2D eigenvalue weighted by molar-refractivity contribution is -0.220. The molecule has 0 aromatic carbocycles. The molecule has 0 heterocycles. The third kappa shape index (κ3) is 25.1. The summed E-state index contributed by atoms with van der Waals surface area (Å²) in [6.45, 7) is 3.13. The number of carbonyl (C=O) groups excluding carboxylic acids is 2. The van der Waals surface area contributed by atoms with Gasteiger partial charge in [-0.3, -0.25) is 13.8 Å². The normalized spacial score (nSPS) is 23.4. The highest BCUT2D eigenvalue weighted by Crippen LogP contribution is 2.47. The highest BCUT2D eigenvalue weighted by Gasteiger charge is 2.51. The fourth-order valence-electron chi connectivity index (χ4n) is 6.12. The molecule has 0 bridgehead atoms. The number of phosphoric acid groups is 1. The molecule has 6 N–H and O–H groups in total. The van der Waals surface area contributed by atoms with Gasteiger partial charge in [0.2, 0.25) is 0 Å². The van der Waals surface area contributed by atoms with Gasteiger partial charge in [0.25, 0.3) is 0 Å². The van der Waals surface area contributed by atoms with Crippen molar-refractivity contribution in [3.8, 4) is 0 Å². The summed E-state index contributed by atoms with van der Waals surface area (Å²) in [7, 11) is -5.14. The minimum atomic E-state index is -5.14. The van der Waals surface area contributed by atoms with E-state index in [0.717, 1.165) is 63.9 Å². The van der Waals surface area contributed by atoms with Crippen LogP contribution in [0.3, 0.4) is 0 Å². The standard InChI is InChI=1S/C41H73O13P/c1-3-5-7-9-11-13-15-16-17-18-20-22-24-26-28-30-35(43)53-33(31-51-34(42)29-27-25-23-21-19-14-12-10-8-6-4-2)32-52-55(49,50)54-41-39(47)37(45)36(44)38(46)40(41)48/h10,12,24,26,28,30,33,36-41,44-48H,3-9,11,13-23,25,27,29,31-32H2,1-2H3,(H,49,50)/b12-10+,26-24+,30-28+/t33-,36?,37-,38?,39?,40?,41?/m1/s1. The van der Waals surface area contributed by atoms with Crippen LogP contribution < -0.4 is 0 Å². The number of carbonyl (C=O) groups is 2. The van der Waals surface area contributed by atoms with Crippen molar-refractivity contribution in [2.45, 2.75) is 198 Å². The van der Waals surface area contributed by atoms with E-state index in [1.165, 1.54) is 76.7 Å². The van der Waals surface area contributed by atoms with Crippen LogP contribution in [0, 0.1) is 0 Å². The Morgan fingerprint density at radius 2 is 1.07 bits per heavy atom. The van der Waals surface area contributed by atoms with Crippen molar-refractivity contribution in [1.82, 2.24) is 0 Å². The highest BCUT2D eigenvalue weighted by atomic mass is 31.2. The number of hydrogen-bond acceptors (Lipinski definition) is 12. The molecular formula is C41H73O13P. The van der Waals surface area contributed by atoms with Crippen LogP contribution in [0.4, 0.5) is 0 Å². The van der Waals surface area contributed by atoms with Gasteiger partial charge in [-0.15, -0.1) is 0 Å². The number of hydrogen-bond donors (Lipinski definition) is 6. The number of allylic oxidation sites excluding steroid dienone is 5. The largest absolute Gasteiger partial charge is 0.472 e. The molecule has 6 unspecified atom stereocenters. The Labute approximate surface area is 329 Å². The van der Waals surface area contributed by atoms with Crippen molar-refractivity contribution in [2.24, 2.45) is 0 Å². The van der Waals surface area contributed by atoms with Gasteiger partial charge < -0.3 is 39.9 Å². The molecule has 1 aliphatic rings. The van der Waals surface area contributed by atoms with E-state index < -0.39 is 75.7 Å². The van der Waals surface area contributed by atoms with Crippen LogP contribution in [-0.2, 0) is 32.7 Å². The maximum absolute atomic E-state index is 12.7. The minimum Gasteiger partial charge on any atom is -0.462 e. The molecule has 0 amide bonds. The Morgan fingerprint density at radius 3 is 1.64 bits per heavy atom. The van der Waals surface area contributed by atoms with E-state index in [2.05, 4.69) is 26.0 Å². The molecule has 0 spiro atoms. The van der Waals surface area contributed by atoms with Crippen LogP contribution in [0.15, 0.2) is 36.5 Å². The van der Waals surface area contributed by atoms with Gasteiger partial charge in [0.05, 0.1) is 6.61 Å². The molecule has 0 aromatic rings. The number of aliphatic hydroxyl groups is 5. The second-order valence-electron chi connectivity index (χ2n) is 14.6. The zero-order valence-corrected chi connectivity index (χ0v) is 34.4. The fourth-order valence-corrected chi connectivity index (χ4v) is 7.09. The van der Waals surface area contributed by atoms with Crippen LogP contribution in [0.2, 0.25) is 0 Å². The lowest BCUT2D eigenvalue weighted by atomic mass is 9.85. The number of esters is 2. The predicted octanol–water partition coefficient (Wildman–Crippen LogP) is 7.05. The van der Waals surface area contributed by atoms with Gasteiger partial charge in [-0.2, -0.15) is 0 Å². The van der Waals surface area contributed by atoms with Crippen molar-refractivity contribution < 1.29 is 63.1 Å². The maximum Gasteiger partial charge on any atom is 0.472 e. The smallest absolute Gasteiger partial charge is 0.462 e. The Hall–Kier alpha value is -1.93. The third-order valence-corrected chi connectivity index (χ3v) is 10.5. The van der Waals surface area contributed by atoms with Gasteiger partial charge in [0.1, 0.15) is 43.2 Å². The van der Waals surface area contributed by atoms with Crippen molar-refractivity contribution in [2.75, 3.05) is 13.2 Å². The quantitative estimate of drug-likeness (QED) is 0.00982. The molecule has 1 aliphatic carbocycles. The van der Waals surface area contributed by atoms with E-state index in [1.54, 1.807) is 6.08 Å². The molecule has 55 heavy (non-hydrogen) atoms. The Balaban J connectivity index is 2.58. The molecule has 0 radical (unpaired) electrons. The van der Waals surface area contributed by atoms with Gasteiger partial charge in [-0.05, 0) is 38.5 Å². The summed E-state index contributed by atoms with van der Waals surface area (Å²) in [6, 6.07) is 0. The van der Waals surface area contributed by atoms with Crippen LogP contribution >= 0.6 is 7.82 Å². The maximum atomic E-state index is 12.7. The van der Waals surface area contributed by atoms with Gasteiger partial charge >= 0.3 is 19.8 Å². The second-order valence-corrected chi connectivity index (χ2v) is 16.0. The molecule has 14 heteroatoms. The van der Waals surface area contributed by atoms with Gasteiger partial charge in [0, 0.05) is 12.5 Å². The van der Waals surface area contributed by atoms with E-state index >= 15 is 0 Å². The number of rotatable bonds is 33. The monoisotopic (exact) mass is 804 g/mol. The summed E-state index contributed by atoms with van der Waals surface area (Å²) in [5.74, 6) is -1.37. The zero-order chi connectivity index (χ0) is 40.7. The first-order valence-electron chi connectivity index (χ1n) is 20.8. The Kier molecular flexibility index (Phi) is 29.8. The number of ether oxygens (including phenoxy) is 2. The van der Waals surface area contributed by atoms with Gasteiger partial charge in [-0.25, -0.2) is 9.36 Å². The Morgan fingerprint density at radius 1 is 0.600 bits per heavy atom. The molecular weight excluding hydrogens is 731 g/mol. The average Bonchev–Trinajstić information content (AvgIpc) is 3.16. The first-order chi connectivity index (χ1) is 26.4. The SMILES string of the molecule is CCCC/C=C/CCCCCCCC(=O)OC[C@H](COP(=O)(O)OC1C(O)C(O)C(O)[C@@H](O)C1O)OC(=O)/C=C/C=C/CCCCCCCCCCCCC. The summed E-state index contributed by atoms with van der Waals surface area (Å²) in [4.78, 5) is 35.4. The van der Waals surface area contributed by atoms with Gasteiger partial charge in [-0.1, -0.05) is 141 Å². The summed E-state index contributed by atoms with van der Waals surface area (Å²) >= 11 is 0. The van der Waals surface area contributed by atoms with Crippen LogP contribution in [-0.4, -0.2) is 98.3 Å². The van der Waals surface area contributed by atoms with E-state index in [4.69, 9.17) is 18.5 Å².